The SMILES string of the molecule is CCCNc1cc(NC2CCC(C)CC2C)nc(N)n1. The van der Waals surface area contributed by atoms with Gasteiger partial charge >= 0.3 is 0 Å². The molecular formula is C15H27N5. The molecule has 0 saturated heterocycles. The Bertz CT molecular complexity index is 434. The summed E-state index contributed by atoms with van der Waals surface area (Å²) in [4.78, 5) is 8.52. The smallest absolute Gasteiger partial charge is 0.223 e. The second-order valence-corrected chi connectivity index (χ2v) is 6.07. The molecule has 112 valence electrons. The Balaban J connectivity index is 2.03. The molecule has 2 rings (SSSR count). The normalized spacial score (nSPS) is 26.2. The number of nitrogens with zero attached hydrogens (tertiary/aromatic N) is 2. The Morgan fingerprint density at radius 1 is 1.25 bits per heavy atom. The second kappa shape index (κ2) is 6.77. The summed E-state index contributed by atoms with van der Waals surface area (Å²) in [5, 5.41) is 6.80. The van der Waals surface area contributed by atoms with E-state index >= 15 is 0 Å². The van der Waals surface area contributed by atoms with E-state index in [0.717, 1.165) is 30.5 Å². The van der Waals surface area contributed by atoms with Gasteiger partial charge in [0.1, 0.15) is 11.6 Å². The van der Waals surface area contributed by atoms with Crippen LogP contribution in [0.25, 0.3) is 0 Å². The van der Waals surface area contributed by atoms with Crippen molar-refractivity contribution in [3.05, 3.63) is 6.07 Å². The quantitative estimate of drug-likeness (QED) is 0.771. The topological polar surface area (TPSA) is 75.9 Å². The molecule has 1 aromatic rings. The van der Waals surface area contributed by atoms with Crippen LogP contribution in [0.1, 0.15) is 46.5 Å². The molecule has 0 aliphatic heterocycles. The van der Waals surface area contributed by atoms with Gasteiger partial charge in [-0.3, -0.25) is 0 Å². The molecule has 5 heteroatoms. The molecule has 0 spiro atoms. The molecule has 1 saturated carbocycles. The number of hydrogen-bond acceptors (Lipinski definition) is 5. The lowest BCUT2D eigenvalue weighted by Gasteiger charge is -2.33. The Morgan fingerprint density at radius 2 is 2.00 bits per heavy atom. The third kappa shape index (κ3) is 3.99. The molecule has 0 amide bonds. The highest BCUT2D eigenvalue weighted by Crippen LogP contribution is 2.30. The predicted octanol–water partition coefficient (Wildman–Crippen LogP) is 3.12. The number of nitrogen functional groups attached to an aromatic ring is 1. The molecule has 3 unspecified atom stereocenters. The van der Waals surface area contributed by atoms with Crippen LogP contribution in [0.4, 0.5) is 17.6 Å². The zero-order chi connectivity index (χ0) is 14.5. The number of anilines is 3. The van der Waals surface area contributed by atoms with E-state index in [-0.39, 0.29) is 0 Å². The van der Waals surface area contributed by atoms with E-state index in [1.54, 1.807) is 0 Å². The van der Waals surface area contributed by atoms with Crippen LogP contribution in [0.15, 0.2) is 6.07 Å². The Kier molecular flexibility index (Phi) is 5.04. The fraction of sp³-hybridized carbons (Fsp3) is 0.733. The number of rotatable bonds is 5. The van der Waals surface area contributed by atoms with Gasteiger partial charge in [0.25, 0.3) is 0 Å². The number of hydrogen-bond donors (Lipinski definition) is 3. The van der Waals surface area contributed by atoms with Crippen molar-refractivity contribution in [2.75, 3.05) is 22.9 Å². The molecule has 0 aromatic carbocycles. The van der Waals surface area contributed by atoms with Crippen LogP contribution in [-0.2, 0) is 0 Å². The Hall–Kier alpha value is -1.52. The summed E-state index contributed by atoms with van der Waals surface area (Å²) in [7, 11) is 0. The molecule has 5 nitrogen and oxygen atoms in total. The summed E-state index contributed by atoms with van der Waals surface area (Å²) in [6.45, 7) is 7.67. The number of nitrogens with one attached hydrogen (secondary N) is 2. The van der Waals surface area contributed by atoms with Crippen LogP contribution < -0.4 is 16.4 Å². The highest BCUT2D eigenvalue weighted by Gasteiger charge is 2.25. The Morgan fingerprint density at radius 3 is 2.70 bits per heavy atom. The van der Waals surface area contributed by atoms with Crippen molar-refractivity contribution < 1.29 is 0 Å². The van der Waals surface area contributed by atoms with Crippen molar-refractivity contribution in [1.29, 1.82) is 0 Å². The van der Waals surface area contributed by atoms with Gasteiger partial charge < -0.3 is 16.4 Å². The minimum Gasteiger partial charge on any atom is -0.370 e. The van der Waals surface area contributed by atoms with Gasteiger partial charge in [-0.05, 0) is 37.5 Å². The van der Waals surface area contributed by atoms with Crippen molar-refractivity contribution in [2.45, 2.75) is 52.5 Å². The van der Waals surface area contributed by atoms with E-state index in [0.29, 0.717) is 17.9 Å². The lowest BCUT2D eigenvalue weighted by Crippen LogP contribution is -2.33. The summed E-state index contributed by atoms with van der Waals surface area (Å²) in [6, 6.07) is 2.44. The molecule has 3 atom stereocenters. The van der Waals surface area contributed by atoms with Gasteiger partial charge in [-0.25, -0.2) is 0 Å². The van der Waals surface area contributed by atoms with Crippen LogP contribution >= 0.6 is 0 Å². The van der Waals surface area contributed by atoms with Crippen LogP contribution in [0.2, 0.25) is 0 Å². The van der Waals surface area contributed by atoms with Crippen molar-refractivity contribution in [3.8, 4) is 0 Å². The summed E-state index contributed by atoms with van der Waals surface area (Å²) >= 11 is 0. The molecular weight excluding hydrogens is 250 g/mol. The van der Waals surface area contributed by atoms with Crippen molar-refractivity contribution in [2.24, 2.45) is 11.8 Å². The van der Waals surface area contributed by atoms with Gasteiger partial charge in [-0.1, -0.05) is 20.8 Å². The maximum Gasteiger partial charge on any atom is 0.223 e. The first-order valence-corrected chi connectivity index (χ1v) is 7.73. The third-order valence-corrected chi connectivity index (χ3v) is 4.06. The lowest BCUT2D eigenvalue weighted by molar-refractivity contribution is 0.276. The first-order chi connectivity index (χ1) is 9.58. The fourth-order valence-corrected chi connectivity index (χ4v) is 2.95. The highest BCUT2D eigenvalue weighted by atomic mass is 15.1. The van der Waals surface area contributed by atoms with Gasteiger partial charge in [-0.2, -0.15) is 9.97 Å². The highest BCUT2D eigenvalue weighted by molar-refractivity contribution is 5.51. The standard InChI is InChI=1S/C15H27N5/c1-4-7-17-13-9-14(20-15(16)19-13)18-12-6-5-10(2)8-11(12)3/h9-12H,4-8H2,1-3H3,(H4,16,17,18,19,20). The van der Waals surface area contributed by atoms with Crippen molar-refractivity contribution >= 4 is 17.6 Å². The van der Waals surface area contributed by atoms with Crippen molar-refractivity contribution in [3.63, 3.8) is 0 Å². The average molecular weight is 277 g/mol. The summed E-state index contributed by atoms with van der Waals surface area (Å²) in [6.07, 6.45) is 4.82. The summed E-state index contributed by atoms with van der Waals surface area (Å²) in [5.74, 6) is 3.47. The van der Waals surface area contributed by atoms with Gasteiger partial charge in [0.2, 0.25) is 5.95 Å². The minimum absolute atomic E-state index is 0.324. The predicted molar refractivity (Wildman–Crippen MR) is 84.8 cm³/mol. The van der Waals surface area contributed by atoms with Crippen LogP contribution in [0.5, 0.6) is 0 Å². The molecule has 1 aliphatic rings. The van der Waals surface area contributed by atoms with E-state index in [1.807, 2.05) is 6.07 Å². The van der Waals surface area contributed by atoms with Gasteiger partial charge in [0, 0.05) is 18.7 Å². The first-order valence-electron chi connectivity index (χ1n) is 7.73. The Labute approximate surface area is 121 Å². The average Bonchev–Trinajstić information content (AvgIpc) is 2.39. The first kappa shape index (κ1) is 14.9. The third-order valence-electron chi connectivity index (χ3n) is 4.06. The summed E-state index contributed by atoms with van der Waals surface area (Å²) in [5.41, 5.74) is 5.79. The fourth-order valence-electron chi connectivity index (χ4n) is 2.95. The molecule has 1 fully saturated rings. The maximum atomic E-state index is 5.79. The molecule has 4 N–H and O–H groups in total. The molecule has 20 heavy (non-hydrogen) atoms. The van der Waals surface area contributed by atoms with E-state index in [1.165, 1.54) is 19.3 Å². The van der Waals surface area contributed by atoms with Crippen LogP contribution in [0.3, 0.4) is 0 Å². The zero-order valence-electron chi connectivity index (χ0n) is 12.8. The van der Waals surface area contributed by atoms with Crippen LogP contribution in [-0.4, -0.2) is 22.6 Å². The zero-order valence-corrected chi connectivity index (χ0v) is 12.8. The molecule has 0 bridgehead atoms. The monoisotopic (exact) mass is 277 g/mol. The minimum atomic E-state index is 0.324. The van der Waals surface area contributed by atoms with E-state index in [4.69, 9.17) is 5.73 Å². The second-order valence-electron chi connectivity index (χ2n) is 6.07. The van der Waals surface area contributed by atoms with E-state index < -0.39 is 0 Å². The molecule has 1 aromatic heterocycles. The van der Waals surface area contributed by atoms with Gasteiger partial charge in [-0.15, -0.1) is 0 Å². The number of nitrogens with two attached hydrogens (primary N) is 1. The van der Waals surface area contributed by atoms with E-state index in [9.17, 15) is 0 Å². The molecule has 1 heterocycles. The molecule has 0 radical (unpaired) electrons. The van der Waals surface area contributed by atoms with Crippen LogP contribution in [0, 0.1) is 11.8 Å². The largest absolute Gasteiger partial charge is 0.370 e. The van der Waals surface area contributed by atoms with Gasteiger partial charge in [0.15, 0.2) is 0 Å². The lowest BCUT2D eigenvalue weighted by atomic mass is 9.80. The summed E-state index contributed by atoms with van der Waals surface area (Å²) < 4.78 is 0. The number of aromatic nitrogens is 2. The van der Waals surface area contributed by atoms with E-state index in [2.05, 4.69) is 41.4 Å². The molecule has 1 aliphatic carbocycles. The maximum absolute atomic E-state index is 5.79. The van der Waals surface area contributed by atoms with Gasteiger partial charge in [0.05, 0.1) is 0 Å². The van der Waals surface area contributed by atoms with Crippen molar-refractivity contribution in [1.82, 2.24) is 9.97 Å².